The van der Waals surface area contributed by atoms with Gasteiger partial charge in [0.05, 0.1) is 17.8 Å². The van der Waals surface area contributed by atoms with Crippen LogP contribution < -0.4 is 5.32 Å². The number of hydrogen-bond donors (Lipinski definition) is 1. The third-order valence-electron chi connectivity index (χ3n) is 5.58. The fourth-order valence-electron chi connectivity index (χ4n) is 4.30. The Kier molecular flexibility index (Phi) is 4.53. The fraction of sp³-hybridized carbons (Fsp3) is 0.429. The molecule has 138 valence electrons. The van der Waals surface area contributed by atoms with E-state index in [0.29, 0.717) is 18.7 Å². The van der Waals surface area contributed by atoms with Crippen LogP contribution in [0.4, 0.5) is 13.2 Å². The summed E-state index contributed by atoms with van der Waals surface area (Å²) in [5.41, 5.74) is 0.776. The lowest BCUT2D eigenvalue weighted by Gasteiger charge is -2.42. The topological polar surface area (TPSA) is 21.3 Å². The molecule has 2 aromatic carbocycles. The molecule has 1 N–H and O–H groups in total. The van der Waals surface area contributed by atoms with Gasteiger partial charge in [0.1, 0.15) is 0 Å². The predicted octanol–water partition coefficient (Wildman–Crippen LogP) is 5.03. The maximum atomic E-state index is 12.9. The van der Waals surface area contributed by atoms with Crippen molar-refractivity contribution in [2.45, 2.75) is 56.2 Å². The normalized spacial score (nSPS) is 28.3. The van der Waals surface area contributed by atoms with Gasteiger partial charge in [-0.15, -0.1) is 0 Å². The molecule has 4 rings (SSSR count). The molecule has 2 bridgehead atoms. The minimum Gasteiger partial charge on any atom is -0.365 e. The third-order valence-corrected chi connectivity index (χ3v) is 5.58. The number of halogens is 3. The van der Waals surface area contributed by atoms with Crippen LogP contribution >= 0.6 is 0 Å². The molecular formula is C21H22F3NO. The largest absolute Gasteiger partial charge is 0.416 e. The Morgan fingerprint density at radius 3 is 2.12 bits per heavy atom. The molecule has 0 aromatic heterocycles. The van der Waals surface area contributed by atoms with Crippen LogP contribution in [-0.2, 0) is 23.1 Å². The van der Waals surface area contributed by atoms with Gasteiger partial charge in [0, 0.05) is 12.1 Å². The third kappa shape index (κ3) is 3.51. The van der Waals surface area contributed by atoms with E-state index in [9.17, 15) is 13.2 Å². The van der Waals surface area contributed by atoms with Gasteiger partial charge in [0.25, 0.3) is 0 Å². The minimum absolute atomic E-state index is 0.367. The molecule has 1 unspecified atom stereocenters. The number of alkyl halides is 3. The van der Waals surface area contributed by atoms with E-state index in [-0.39, 0.29) is 0 Å². The Balaban J connectivity index is 1.62. The van der Waals surface area contributed by atoms with Crippen LogP contribution in [0.1, 0.15) is 42.4 Å². The molecule has 2 aliphatic rings. The smallest absolute Gasteiger partial charge is 0.365 e. The molecule has 2 aliphatic heterocycles. The maximum Gasteiger partial charge on any atom is 0.416 e. The summed E-state index contributed by atoms with van der Waals surface area (Å²) in [5.74, 6) is 0. The lowest BCUT2D eigenvalue weighted by molar-refractivity contribution is -0.137. The monoisotopic (exact) mass is 361 g/mol. The molecule has 2 heterocycles. The number of piperidine rings is 1. The lowest BCUT2D eigenvalue weighted by atomic mass is 9.81. The zero-order chi connectivity index (χ0) is 18.2. The van der Waals surface area contributed by atoms with Crippen LogP contribution in [0.15, 0.2) is 54.6 Å². The van der Waals surface area contributed by atoms with Crippen LogP contribution in [0.3, 0.4) is 0 Å². The summed E-state index contributed by atoms with van der Waals surface area (Å²) in [5, 5.41) is 3.59. The molecule has 26 heavy (non-hydrogen) atoms. The van der Waals surface area contributed by atoms with Crippen molar-refractivity contribution in [2.75, 3.05) is 0 Å². The van der Waals surface area contributed by atoms with E-state index < -0.39 is 17.3 Å². The molecule has 2 aromatic rings. The molecular weight excluding hydrogens is 339 g/mol. The summed E-state index contributed by atoms with van der Waals surface area (Å²) in [4.78, 5) is 0. The van der Waals surface area contributed by atoms with Crippen molar-refractivity contribution in [3.63, 3.8) is 0 Å². The minimum atomic E-state index is -4.32. The molecule has 0 aliphatic carbocycles. The molecule has 5 heteroatoms. The number of rotatable bonds is 4. The van der Waals surface area contributed by atoms with Gasteiger partial charge in [-0.3, -0.25) is 0 Å². The van der Waals surface area contributed by atoms with Crippen molar-refractivity contribution in [1.29, 1.82) is 0 Å². The average molecular weight is 361 g/mol. The molecule has 0 saturated carbocycles. The van der Waals surface area contributed by atoms with Crippen LogP contribution in [0, 0.1) is 0 Å². The van der Waals surface area contributed by atoms with Gasteiger partial charge < -0.3 is 10.1 Å². The Labute approximate surface area is 151 Å². The highest BCUT2D eigenvalue weighted by Gasteiger charge is 2.46. The Morgan fingerprint density at radius 1 is 0.923 bits per heavy atom. The van der Waals surface area contributed by atoms with E-state index in [1.54, 1.807) is 12.1 Å². The first kappa shape index (κ1) is 17.6. The zero-order valence-corrected chi connectivity index (χ0v) is 14.4. The quantitative estimate of drug-likeness (QED) is 0.824. The van der Waals surface area contributed by atoms with Gasteiger partial charge in [-0.25, -0.2) is 0 Å². The van der Waals surface area contributed by atoms with Crippen molar-refractivity contribution in [1.82, 2.24) is 5.32 Å². The first-order chi connectivity index (χ1) is 12.4. The van der Waals surface area contributed by atoms with Gasteiger partial charge in [-0.05, 0) is 48.9 Å². The molecule has 0 amide bonds. The number of ether oxygens (including phenoxy) is 1. The van der Waals surface area contributed by atoms with Crippen LogP contribution in [0.5, 0.6) is 0 Å². The Morgan fingerprint density at radius 2 is 1.54 bits per heavy atom. The first-order valence-electron chi connectivity index (χ1n) is 9.06. The number of nitrogens with one attached hydrogen (secondary N) is 1. The van der Waals surface area contributed by atoms with E-state index in [4.69, 9.17) is 4.74 Å². The van der Waals surface area contributed by atoms with Crippen molar-refractivity contribution in [2.24, 2.45) is 0 Å². The van der Waals surface area contributed by atoms with Crippen molar-refractivity contribution in [3.8, 4) is 0 Å². The Hall–Kier alpha value is -1.85. The standard InChI is InChI=1S/C21H22F3NO/c22-21(23,24)17-8-6-16(7-9-17)20(12-18-10-11-19(13-20)25-18)26-14-15-4-2-1-3-5-15/h1-9,18-19,25H,10-14H2/t18-,19+,20?. The lowest BCUT2D eigenvalue weighted by Crippen LogP contribution is -2.48. The van der Waals surface area contributed by atoms with Gasteiger partial charge in [0.2, 0.25) is 0 Å². The molecule has 0 spiro atoms. The van der Waals surface area contributed by atoms with Gasteiger partial charge in [-0.1, -0.05) is 42.5 Å². The SMILES string of the molecule is FC(F)(F)c1ccc(C2(OCc3ccccc3)C[C@H]3CC[C@@H](C2)N3)cc1. The van der Waals surface area contributed by atoms with Crippen molar-refractivity contribution >= 4 is 0 Å². The summed E-state index contributed by atoms with van der Waals surface area (Å²) < 4.78 is 45.2. The van der Waals surface area contributed by atoms with Crippen molar-refractivity contribution in [3.05, 3.63) is 71.3 Å². The highest BCUT2D eigenvalue weighted by molar-refractivity contribution is 5.31. The fourth-order valence-corrected chi connectivity index (χ4v) is 4.30. The molecule has 0 radical (unpaired) electrons. The summed E-state index contributed by atoms with van der Waals surface area (Å²) in [6, 6.07) is 16.2. The molecule has 2 nitrogen and oxygen atoms in total. The first-order valence-corrected chi connectivity index (χ1v) is 9.06. The molecule has 3 atom stereocenters. The van der Waals surface area contributed by atoms with Crippen molar-refractivity contribution < 1.29 is 17.9 Å². The average Bonchev–Trinajstić information content (AvgIpc) is 2.99. The van der Waals surface area contributed by atoms with Crippen LogP contribution in [-0.4, -0.2) is 12.1 Å². The highest BCUT2D eigenvalue weighted by Crippen LogP contribution is 2.44. The van der Waals surface area contributed by atoms with Crippen LogP contribution in [0.2, 0.25) is 0 Å². The van der Waals surface area contributed by atoms with Crippen LogP contribution in [0.25, 0.3) is 0 Å². The van der Waals surface area contributed by atoms with Gasteiger partial charge in [-0.2, -0.15) is 13.2 Å². The molecule has 2 saturated heterocycles. The van der Waals surface area contributed by atoms with Gasteiger partial charge in [0.15, 0.2) is 0 Å². The van der Waals surface area contributed by atoms with E-state index in [1.807, 2.05) is 30.3 Å². The second kappa shape index (κ2) is 6.71. The summed E-state index contributed by atoms with van der Waals surface area (Å²) in [6.07, 6.45) is -0.531. The Bertz CT molecular complexity index is 730. The summed E-state index contributed by atoms with van der Waals surface area (Å²) >= 11 is 0. The second-order valence-corrected chi connectivity index (χ2v) is 7.39. The van der Waals surface area contributed by atoms with E-state index in [0.717, 1.165) is 36.8 Å². The summed E-state index contributed by atoms with van der Waals surface area (Å²) in [7, 11) is 0. The van der Waals surface area contributed by atoms with E-state index >= 15 is 0 Å². The van der Waals surface area contributed by atoms with E-state index in [1.165, 1.54) is 12.1 Å². The highest BCUT2D eigenvalue weighted by atomic mass is 19.4. The summed E-state index contributed by atoms with van der Waals surface area (Å²) in [6.45, 7) is 0.460. The number of benzene rings is 2. The zero-order valence-electron chi connectivity index (χ0n) is 14.4. The number of hydrogen-bond acceptors (Lipinski definition) is 2. The number of fused-ring (bicyclic) bond motifs is 2. The predicted molar refractivity (Wildman–Crippen MR) is 93.5 cm³/mol. The molecule has 2 fully saturated rings. The van der Waals surface area contributed by atoms with E-state index in [2.05, 4.69) is 5.32 Å². The van der Waals surface area contributed by atoms with Gasteiger partial charge >= 0.3 is 6.18 Å². The maximum absolute atomic E-state index is 12.9. The second-order valence-electron chi connectivity index (χ2n) is 7.39.